The lowest BCUT2D eigenvalue weighted by molar-refractivity contribution is -0.117. The smallest absolute Gasteiger partial charge is 0.253 e. The van der Waals surface area contributed by atoms with Crippen molar-refractivity contribution in [3.05, 3.63) is 59.9 Å². The van der Waals surface area contributed by atoms with Crippen LogP contribution in [0.4, 0.5) is 10.1 Å². The van der Waals surface area contributed by atoms with E-state index >= 15 is 0 Å². The summed E-state index contributed by atoms with van der Waals surface area (Å²) in [5, 5.41) is 2.75. The minimum absolute atomic E-state index is 0.0153. The number of anilines is 1. The SMILES string of the molecule is CCOc1ccc(C(=O)N2CCN(CC(=O)Nc3ccc(F)cc3)CC2)cc1. The van der Waals surface area contributed by atoms with Crippen LogP contribution in [0.2, 0.25) is 0 Å². The van der Waals surface area contributed by atoms with Gasteiger partial charge in [0.15, 0.2) is 0 Å². The van der Waals surface area contributed by atoms with Gasteiger partial charge in [0.1, 0.15) is 11.6 Å². The number of benzene rings is 2. The number of nitrogens with zero attached hydrogens (tertiary/aromatic N) is 2. The molecule has 1 aliphatic heterocycles. The highest BCUT2D eigenvalue weighted by Gasteiger charge is 2.23. The van der Waals surface area contributed by atoms with Crippen LogP contribution in [0, 0.1) is 5.82 Å². The summed E-state index contributed by atoms with van der Waals surface area (Å²) in [6, 6.07) is 12.8. The molecule has 2 aromatic carbocycles. The Hall–Kier alpha value is -2.93. The van der Waals surface area contributed by atoms with Crippen molar-refractivity contribution in [2.75, 3.05) is 44.6 Å². The van der Waals surface area contributed by atoms with E-state index in [0.717, 1.165) is 5.75 Å². The molecule has 1 aliphatic rings. The van der Waals surface area contributed by atoms with Crippen molar-refractivity contribution < 1.29 is 18.7 Å². The largest absolute Gasteiger partial charge is 0.494 e. The summed E-state index contributed by atoms with van der Waals surface area (Å²) in [5.74, 6) is 0.235. The third kappa shape index (κ3) is 5.29. The van der Waals surface area contributed by atoms with Crippen LogP contribution in [0.5, 0.6) is 5.75 Å². The van der Waals surface area contributed by atoms with Crippen LogP contribution >= 0.6 is 0 Å². The molecule has 0 spiro atoms. The number of carbonyl (C=O) groups excluding carboxylic acids is 2. The number of amides is 2. The maximum atomic E-state index is 12.9. The molecule has 0 aromatic heterocycles. The van der Waals surface area contributed by atoms with E-state index in [9.17, 15) is 14.0 Å². The molecule has 1 heterocycles. The maximum Gasteiger partial charge on any atom is 0.253 e. The highest BCUT2D eigenvalue weighted by atomic mass is 19.1. The Labute approximate surface area is 163 Å². The summed E-state index contributed by atoms with van der Waals surface area (Å²) >= 11 is 0. The molecule has 7 heteroatoms. The van der Waals surface area contributed by atoms with Crippen LogP contribution in [-0.2, 0) is 4.79 Å². The van der Waals surface area contributed by atoms with Gasteiger partial charge in [-0.05, 0) is 55.5 Å². The molecular formula is C21H24FN3O3. The first kappa shape index (κ1) is 19.8. The maximum absolute atomic E-state index is 12.9. The fourth-order valence-electron chi connectivity index (χ4n) is 3.09. The van der Waals surface area contributed by atoms with Gasteiger partial charge in [0, 0.05) is 37.4 Å². The lowest BCUT2D eigenvalue weighted by Gasteiger charge is -2.34. The van der Waals surface area contributed by atoms with Gasteiger partial charge in [0.2, 0.25) is 5.91 Å². The number of carbonyl (C=O) groups is 2. The minimum atomic E-state index is -0.341. The van der Waals surface area contributed by atoms with Gasteiger partial charge >= 0.3 is 0 Å². The van der Waals surface area contributed by atoms with Crippen LogP contribution in [0.15, 0.2) is 48.5 Å². The Balaban J connectivity index is 1.46. The van der Waals surface area contributed by atoms with E-state index in [4.69, 9.17) is 4.74 Å². The number of rotatable bonds is 6. The zero-order valence-corrected chi connectivity index (χ0v) is 15.9. The van der Waals surface area contributed by atoms with Crippen LogP contribution < -0.4 is 10.1 Å². The van der Waals surface area contributed by atoms with E-state index < -0.39 is 0 Å². The van der Waals surface area contributed by atoms with Gasteiger partial charge < -0.3 is 15.0 Å². The second-order valence-electron chi connectivity index (χ2n) is 6.58. The summed E-state index contributed by atoms with van der Waals surface area (Å²) in [7, 11) is 0. The van der Waals surface area contributed by atoms with Gasteiger partial charge in [-0.3, -0.25) is 14.5 Å². The van der Waals surface area contributed by atoms with Gasteiger partial charge in [-0.15, -0.1) is 0 Å². The molecule has 0 atom stereocenters. The molecule has 6 nitrogen and oxygen atoms in total. The molecule has 2 aromatic rings. The number of halogens is 1. The number of hydrogen-bond acceptors (Lipinski definition) is 4. The quantitative estimate of drug-likeness (QED) is 0.830. The summed E-state index contributed by atoms with van der Waals surface area (Å²) in [4.78, 5) is 28.6. The van der Waals surface area contributed by atoms with Crippen molar-refractivity contribution in [3.63, 3.8) is 0 Å². The van der Waals surface area contributed by atoms with Gasteiger partial charge in [0.25, 0.3) is 5.91 Å². The topological polar surface area (TPSA) is 61.9 Å². The highest BCUT2D eigenvalue weighted by molar-refractivity contribution is 5.94. The average Bonchev–Trinajstić information content (AvgIpc) is 2.71. The Kier molecular flexibility index (Phi) is 6.60. The highest BCUT2D eigenvalue weighted by Crippen LogP contribution is 2.15. The van der Waals surface area contributed by atoms with E-state index in [0.29, 0.717) is 44.0 Å². The van der Waals surface area contributed by atoms with Crippen LogP contribution in [0.25, 0.3) is 0 Å². The lowest BCUT2D eigenvalue weighted by atomic mass is 10.1. The van der Waals surface area contributed by atoms with E-state index in [-0.39, 0.29) is 24.2 Å². The average molecular weight is 385 g/mol. The molecular weight excluding hydrogens is 361 g/mol. The predicted octanol–water partition coefficient (Wildman–Crippen LogP) is 2.62. The first-order chi connectivity index (χ1) is 13.5. The normalized spacial score (nSPS) is 14.6. The molecule has 1 N–H and O–H groups in total. The van der Waals surface area contributed by atoms with Gasteiger partial charge in [-0.25, -0.2) is 4.39 Å². The van der Waals surface area contributed by atoms with Crippen molar-refractivity contribution in [2.24, 2.45) is 0 Å². The van der Waals surface area contributed by atoms with Crippen molar-refractivity contribution in [1.82, 2.24) is 9.80 Å². The van der Waals surface area contributed by atoms with E-state index in [1.54, 1.807) is 29.2 Å². The second kappa shape index (κ2) is 9.32. The van der Waals surface area contributed by atoms with Crippen molar-refractivity contribution in [3.8, 4) is 5.75 Å². The first-order valence-electron chi connectivity index (χ1n) is 9.35. The van der Waals surface area contributed by atoms with Gasteiger partial charge in [0.05, 0.1) is 13.2 Å². The number of ether oxygens (including phenoxy) is 1. The van der Waals surface area contributed by atoms with E-state index in [2.05, 4.69) is 5.32 Å². The number of nitrogens with one attached hydrogen (secondary N) is 1. The Morgan fingerprint density at radius 2 is 1.64 bits per heavy atom. The van der Waals surface area contributed by atoms with Gasteiger partial charge in [-0.2, -0.15) is 0 Å². The molecule has 0 aliphatic carbocycles. The zero-order valence-electron chi connectivity index (χ0n) is 15.9. The summed E-state index contributed by atoms with van der Waals surface area (Å²) in [5.41, 5.74) is 1.20. The molecule has 0 saturated carbocycles. The Morgan fingerprint density at radius 3 is 2.25 bits per heavy atom. The van der Waals surface area contributed by atoms with E-state index in [1.165, 1.54) is 24.3 Å². The molecule has 28 heavy (non-hydrogen) atoms. The molecule has 1 fully saturated rings. The van der Waals surface area contributed by atoms with Crippen LogP contribution in [-0.4, -0.2) is 60.9 Å². The summed E-state index contributed by atoms with van der Waals surface area (Å²) in [6.45, 7) is 5.12. The summed E-state index contributed by atoms with van der Waals surface area (Å²) in [6.07, 6.45) is 0. The fraction of sp³-hybridized carbons (Fsp3) is 0.333. The molecule has 0 bridgehead atoms. The predicted molar refractivity (Wildman–Crippen MR) is 105 cm³/mol. The molecule has 0 unspecified atom stereocenters. The van der Waals surface area contributed by atoms with Gasteiger partial charge in [-0.1, -0.05) is 0 Å². The lowest BCUT2D eigenvalue weighted by Crippen LogP contribution is -2.50. The molecule has 3 rings (SSSR count). The zero-order chi connectivity index (χ0) is 19.9. The summed E-state index contributed by atoms with van der Waals surface area (Å²) < 4.78 is 18.3. The van der Waals surface area contributed by atoms with Crippen LogP contribution in [0.3, 0.4) is 0 Å². The first-order valence-corrected chi connectivity index (χ1v) is 9.35. The van der Waals surface area contributed by atoms with E-state index in [1.807, 2.05) is 11.8 Å². The van der Waals surface area contributed by atoms with Crippen molar-refractivity contribution >= 4 is 17.5 Å². The Bertz CT molecular complexity index is 801. The Morgan fingerprint density at radius 1 is 1.00 bits per heavy atom. The van der Waals surface area contributed by atoms with Crippen molar-refractivity contribution in [2.45, 2.75) is 6.92 Å². The fourth-order valence-corrected chi connectivity index (χ4v) is 3.09. The number of piperazine rings is 1. The minimum Gasteiger partial charge on any atom is -0.494 e. The number of hydrogen-bond donors (Lipinski definition) is 1. The third-order valence-electron chi connectivity index (χ3n) is 4.57. The monoisotopic (exact) mass is 385 g/mol. The third-order valence-corrected chi connectivity index (χ3v) is 4.57. The van der Waals surface area contributed by atoms with Crippen molar-refractivity contribution in [1.29, 1.82) is 0 Å². The molecule has 0 radical (unpaired) electrons. The molecule has 2 amide bonds. The standard InChI is InChI=1S/C21H24FN3O3/c1-2-28-19-9-3-16(4-10-19)21(27)25-13-11-24(12-14-25)15-20(26)23-18-7-5-17(22)6-8-18/h3-10H,2,11-15H2,1H3,(H,23,26). The molecule has 1 saturated heterocycles. The van der Waals surface area contributed by atoms with Crippen LogP contribution in [0.1, 0.15) is 17.3 Å². The molecule has 148 valence electrons. The second-order valence-corrected chi connectivity index (χ2v) is 6.58.